The highest BCUT2D eigenvalue weighted by molar-refractivity contribution is 6.00. The lowest BCUT2D eigenvalue weighted by atomic mass is 9.81. The Bertz CT molecular complexity index is 1000. The first-order chi connectivity index (χ1) is 19.4. The highest BCUT2D eigenvalue weighted by Crippen LogP contribution is 2.35. The van der Waals surface area contributed by atoms with E-state index in [4.69, 9.17) is 4.74 Å². The fourth-order valence-corrected chi connectivity index (χ4v) is 6.47. The number of piperazine rings is 1. The third-order valence-electron chi connectivity index (χ3n) is 8.84. The van der Waals surface area contributed by atoms with Gasteiger partial charge in [-0.25, -0.2) is 4.79 Å². The van der Waals surface area contributed by atoms with Crippen LogP contribution in [0.1, 0.15) is 89.5 Å². The monoisotopic (exact) mass is 554 g/mol. The second kappa shape index (κ2) is 14.5. The molecule has 40 heavy (non-hydrogen) atoms. The second-order valence-corrected chi connectivity index (χ2v) is 11.6. The van der Waals surface area contributed by atoms with Crippen LogP contribution in [0.3, 0.4) is 0 Å². The number of alkyl carbamates (subject to hydrolysis) is 1. The van der Waals surface area contributed by atoms with Crippen molar-refractivity contribution in [3.05, 3.63) is 35.9 Å². The Kier molecular flexibility index (Phi) is 10.8. The number of carbonyl (C=O) groups excluding carboxylic acids is 4. The molecule has 9 nitrogen and oxygen atoms in total. The third kappa shape index (κ3) is 7.55. The van der Waals surface area contributed by atoms with Crippen LogP contribution >= 0.6 is 0 Å². The molecule has 1 saturated carbocycles. The van der Waals surface area contributed by atoms with Gasteiger partial charge >= 0.3 is 6.09 Å². The first kappa shape index (κ1) is 29.9. The molecule has 1 aliphatic carbocycles. The van der Waals surface area contributed by atoms with Gasteiger partial charge in [0.05, 0.1) is 0 Å². The molecule has 1 aromatic rings. The van der Waals surface area contributed by atoms with E-state index in [1.807, 2.05) is 42.2 Å². The summed E-state index contributed by atoms with van der Waals surface area (Å²) < 4.78 is 5.23. The molecule has 4 rings (SSSR count). The lowest BCUT2D eigenvalue weighted by Gasteiger charge is -2.51. The molecule has 0 unspecified atom stereocenters. The molecule has 9 heteroatoms. The van der Waals surface area contributed by atoms with Crippen molar-refractivity contribution < 1.29 is 23.9 Å². The normalized spacial score (nSPS) is 21.0. The molecule has 0 aromatic heterocycles. The smallest absolute Gasteiger partial charge is 0.407 e. The van der Waals surface area contributed by atoms with Gasteiger partial charge in [-0.1, -0.05) is 62.9 Å². The summed E-state index contributed by atoms with van der Waals surface area (Å²) in [6.45, 7) is 4.24. The Balaban J connectivity index is 1.20. The van der Waals surface area contributed by atoms with E-state index in [-0.39, 0.29) is 24.3 Å². The predicted octanol–water partition coefficient (Wildman–Crippen LogP) is 4.15. The number of amides is 4. The first-order valence-electron chi connectivity index (χ1n) is 15.3. The molecule has 3 aliphatic rings. The number of rotatable bonds is 12. The number of ether oxygens (including phenoxy) is 1. The number of unbranched alkanes of at least 4 members (excludes halogenated alkanes) is 1. The van der Waals surface area contributed by atoms with E-state index >= 15 is 0 Å². The molecule has 2 heterocycles. The number of benzene rings is 1. The minimum Gasteiger partial charge on any atom is -0.445 e. The molecule has 0 radical (unpaired) electrons. The Morgan fingerprint density at radius 3 is 2.48 bits per heavy atom. The molecule has 0 bridgehead atoms. The van der Waals surface area contributed by atoms with Crippen LogP contribution in [0.4, 0.5) is 4.79 Å². The van der Waals surface area contributed by atoms with E-state index in [1.165, 1.54) is 25.7 Å². The highest BCUT2D eigenvalue weighted by Gasteiger charge is 2.53. The lowest BCUT2D eigenvalue weighted by molar-refractivity contribution is -0.162. The van der Waals surface area contributed by atoms with Gasteiger partial charge < -0.3 is 25.2 Å². The number of nitrogens with one attached hydrogen (secondary N) is 2. The van der Waals surface area contributed by atoms with Crippen molar-refractivity contribution in [2.75, 3.05) is 26.2 Å². The predicted molar refractivity (Wildman–Crippen MR) is 152 cm³/mol. The highest BCUT2D eigenvalue weighted by atomic mass is 16.5. The van der Waals surface area contributed by atoms with Gasteiger partial charge in [-0.05, 0) is 56.4 Å². The average molecular weight is 555 g/mol. The standard InChI is InChI=1S/C31H46N4O5/c1-2-20-35-28(37)26(14-8-9-19-32-30(39)40-23-25-12-4-3-5-13-25)33-29(38)31(35)17-21-34(22-18-31)27(36)16-15-24-10-6-7-11-24/h3-5,12-13,24,26H,2,6-11,14-23H2,1H3,(H,32,39)(H,33,38)/t26-/m0/s1. The van der Waals surface area contributed by atoms with E-state index in [2.05, 4.69) is 10.6 Å². The van der Waals surface area contributed by atoms with Crippen LogP contribution < -0.4 is 10.6 Å². The van der Waals surface area contributed by atoms with Gasteiger partial charge in [-0.3, -0.25) is 14.4 Å². The van der Waals surface area contributed by atoms with E-state index in [1.54, 1.807) is 4.90 Å². The summed E-state index contributed by atoms with van der Waals surface area (Å²) in [4.78, 5) is 55.5. The van der Waals surface area contributed by atoms with Crippen LogP contribution in [0.15, 0.2) is 30.3 Å². The van der Waals surface area contributed by atoms with E-state index < -0.39 is 17.7 Å². The minimum atomic E-state index is -0.865. The molecule has 2 N–H and O–H groups in total. The number of hydrogen-bond donors (Lipinski definition) is 2. The Morgan fingerprint density at radius 1 is 1.05 bits per heavy atom. The van der Waals surface area contributed by atoms with Gasteiger partial charge in [-0.2, -0.15) is 0 Å². The number of hydrogen-bond acceptors (Lipinski definition) is 5. The number of nitrogens with zero attached hydrogens (tertiary/aromatic N) is 2. The topological polar surface area (TPSA) is 108 Å². The van der Waals surface area contributed by atoms with Crippen molar-refractivity contribution in [2.45, 2.75) is 102 Å². The lowest BCUT2D eigenvalue weighted by Crippen LogP contribution is -2.73. The molecule has 220 valence electrons. The Hall–Kier alpha value is -3.10. The molecule has 4 amide bonds. The summed E-state index contributed by atoms with van der Waals surface area (Å²) in [6.07, 6.45) is 9.76. The Morgan fingerprint density at radius 2 is 1.77 bits per heavy atom. The summed E-state index contributed by atoms with van der Waals surface area (Å²) in [5.74, 6) is 0.744. The van der Waals surface area contributed by atoms with Crippen LogP contribution in [0.2, 0.25) is 0 Å². The summed E-state index contributed by atoms with van der Waals surface area (Å²) in [5.41, 5.74) is 0.0609. The molecular weight excluding hydrogens is 508 g/mol. The van der Waals surface area contributed by atoms with Crippen molar-refractivity contribution in [2.24, 2.45) is 5.92 Å². The second-order valence-electron chi connectivity index (χ2n) is 11.6. The number of likely N-dealkylation sites (tertiary alicyclic amines) is 1. The van der Waals surface area contributed by atoms with Crippen LogP contribution in [0.5, 0.6) is 0 Å². The first-order valence-corrected chi connectivity index (χ1v) is 15.3. The van der Waals surface area contributed by atoms with Gasteiger partial charge in [0, 0.05) is 32.6 Å². The SMILES string of the molecule is CCCN1C(=O)[C@H](CCCCNC(=O)OCc2ccccc2)NC(=O)C12CCN(C(=O)CCC1CCCC1)CC2. The molecule has 1 aromatic carbocycles. The van der Waals surface area contributed by atoms with Crippen molar-refractivity contribution in [1.29, 1.82) is 0 Å². The quantitative estimate of drug-likeness (QED) is 0.378. The maximum absolute atomic E-state index is 13.5. The van der Waals surface area contributed by atoms with Gasteiger partial charge in [0.25, 0.3) is 0 Å². The number of carbonyl (C=O) groups is 4. The van der Waals surface area contributed by atoms with E-state index in [0.29, 0.717) is 70.6 Å². The average Bonchev–Trinajstić information content (AvgIpc) is 3.50. The zero-order valence-corrected chi connectivity index (χ0v) is 24.0. The van der Waals surface area contributed by atoms with Crippen LogP contribution in [0.25, 0.3) is 0 Å². The molecule has 3 fully saturated rings. The summed E-state index contributed by atoms with van der Waals surface area (Å²) >= 11 is 0. The molecule has 1 spiro atoms. The molecular formula is C31H46N4O5. The fraction of sp³-hybridized carbons (Fsp3) is 0.677. The van der Waals surface area contributed by atoms with Crippen LogP contribution in [-0.2, 0) is 25.7 Å². The van der Waals surface area contributed by atoms with Gasteiger partial charge in [0.15, 0.2) is 0 Å². The maximum Gasteiger partial charge on any atom is 0.407 e. The number of piperidine rings is 1. The zero-order chi connectivity index (χ0) is 28.4. The van der Waals surface area contributed by atoms with Gasteiger partial charge in [0.1, 0.15) is 18.2 Å². The zero-order valence-electron chi connectivity index (χ0n) is 24.0. The summed E-state index contributed by atoms with van der Waals surface area (Å²) in [6, 6.07) is 8.95. The van der Waals surface area contributed by atoms with Gasteiger partial charge in [0.2, 0.25) is 17.7 Å². The van der Waals surface area contributed by atoms with Crippen LogP contribution in [-0.4, -0.2) is 71.4 Å². The summed E-state index contributed by atoms with van der Waals surface area (Å²) in [7, 11) is 0. The third-order valence-corrected chi connectivity index (χ3v) is 8.84. The van der Waals surface area contributed by atoms with Crippen molar-refractivity contribution in [3.63, 3.8) is 0 Å². The molecule has 1 atom stereocenters. The fourth-order valence-electron chi connectivity index (χ4n) is 6.47. The van der Waals surface area contributed by atoms with Crippen molar-refractivity contribution >= 4 is 23.8 Å². The molecule has 2 aliphatic heterocycles. The molecule has 2 saturated heterocycles. The maximum atomic E-state index is 13.5. The van der Waals surface area contributed by atoms with Gasteiger partial charge in [-0.15, -0.1) is 0 Å². The van der Waals surface area contributed by atoms with E-state index in [0.717, 1.165) is 18.4 Å². The van der Waals surface area contributed by atoms with Crippen molar-refractivity contribution in [1.82, 2.24) is 20.4 Å². The minimum absolute atomic E-state index is 0.0299. The van der Waals surface area contributed by atoms with Crippen molar-refractivity contribution in [3.8, 4) is 0 Å². The van der Waals surface area contributed by atoms with E-state index in [9.17, 15) is 19.2 Å². The largest absolute Gasteiger partial charge is 0.445 e. The van der Waals surface area contributed by atoms with Crippen LogP contribution in [0, 0.1) is 5.92 Å². The summed E-state index contributed by atoms with van der Waals surface area (Å²) in [5, 5.41) is 5.76. The Labute approximate surface area is 238 Å².